The number of nitrogens with zero attached hydrogens (tertiary/aromatic N) is 3. The van der Waals surface area contributed by atoms with Gasteiger partial charge in [-0.25, -0.2) is 14.2 Å². The molecule has 0 aliphatic rings. The zero-order valence-corrected chi connectivity index (χ0v) is 25.6. The minimum atomic E-state index is -5.08. The Morgan fingerprint density at radius 2 is 1.85 bits per heavy atom. The number of aryl methyl sites for hydroxylation is 1. The van der Waals surface area contributed by atoms with Crippen LogP contribution in [0.1, 0.15) is 50.3 Å². The number of nitrogens with two attached hydrogens (primary N) is 4. The molecule has 0 fully saturated rings. The van der Waals surface area contributed by atoms with Crippen LogP contribution in [0.25, 0.3) is 28.0 Å². The topological polar surface area (TPSA) is 188 Å². The van der Waals surface area contributed by atoms with Crippen LogP contribution in [0.3, 0.4) is 0 Å². The first kappa shape index (κ1) is 34.4. The maximum atomic E-state index is 15.4. The Balaban J connectivity index is 1.58. The Kier molecular flexibility index (Phi) is 11.0. The summed E-state index contributed by atoms with van der Waals surface area (Å²) in [6, 6.07) is 11.0. The standard InChI is InChI=1S/C31H39F4N9O2/c1-17(37)4-3-5-19-12-24(27(32)26(13-19)46-31(33,34)35)25-14-21-16-44(30(45)43-28(21)42-25)23-8-6-20(7-9-23)18(2)40-11-10-22(15-36)41-29(38)39/h6-9,12-14,16-18,22,40H,3-5,10-11,15,36-37H2,1-2H3,(H4,38,39,41)(H,42,43,45)/t17-,18-,22+/m0/s1. The number of alkyl halides is 3. The van der Waals surface area contributed by atoms with Gasteiger partial charge in [0.25, 0.3) is 0 Å². The van der Waals surface area contributed by atoms with Gasteiger partial charge in [-0.1, -0.05) is 12.1 Å². The van der Waals surface area contributed by atoms with Crippen molar-refractivity contribution in [1.29, 1.82) is 0 Å². The monoisotopic (exact) mass is 645 g/mol. The van der Waals surface area contributed by atoms with Gasteiger partial charge in [-0.15, -0.1) is 13.2 Å². The summed E-state index contributed by atoms with van der Waals surface area (Å²) >= 11 is 0. The molecule has 46 heavy (non-hydrogen) atoms. The molecule has 0 radical (unpaired) electrons. The molecule has 15 heteroatoms. The lowest BCUT2D eigenvalue weighted by atomic mass is 10.0. The normalized spacial score (nSPS) is 13.8. The molecule has 0 unspecified atom stereocenters. The fraction of sp³-hybridized carbons (Fsp3) is 0.387. The highest BCUT2D eigenvalue weighted by molar-refractivity contribution is 5.83. The van der Waals surface area contributed by atoms with Gasteiger partial charge in [0.05, 0.1) is 17.4 Å². The van der Waals surface area contributed by atoms with E-state index in [1.807, 2.05) is 26.0 Å². The van der Waals surface area contributed by atoms with Crippen molar-refractivity contribution in [3.05, 3.63) is 76.1 Å². The highest BCUT2D eigenvalue weighted by Gasteiger charge is 2.33. The quantitative estimate of drug-likeness (QED) is 0.0680. The number of fused-ring (bicyclic) bond motifs is 1. The molecule has 0 amide bonds. The summed E-state index contributed by atoms with van der Waals surface area (Å²) in [6.45, 7) is 4.76. The number of hydrogen-bond acceptors (Lipinski definition) is 7. The summed E-state index contributed by atoms with van der Waals surface area (Å²) in [5.74, 6) is -2.14. The van der Waals surface area contributed by atoms with E-state index in [2.05, 4.69) is 25.0 Å². The number of benzene rings is 2. The van der Waals surface area contributed by atoms with E-state index < -0.39 is 23.6 Å². The third kappa shape index (κ3) is 9.05. The number of nitrogens with one attached hydrogen (secondary N) is 2. The molecule has 0 aliphatic carbocycles. The molecule has 11 nitrogen and oxygen atoms in total. The average molecular weight is 646 g/mol. The first-order valence-corrected chi connectivity index (χ1v) is 14.8. The highest BCUT2D eigenvalue weighted by atomic mass is 19.4. The minimum absolute atomic E-state index is 0.00678. The molecule has 2 aromatic heterocycles. The van der Waals surface area contributed by atoms with Crippen molar-refractivity contribution in [2.75, 3.05) is 13.1 Å². The van der Waals surface area contributed by atoms with Crippen LogP contribution in [0, 0.1) is 5.82 Å². The van der Waals surface area contributed by atoms with E-state index in [1.165, 1.54) is 22.9 Å². The lowest BCUT2D eigenvalue weighted by Gasteiger charge is -2.17. The van der Waals surface area contributed by atoms with Gasteiger partial charge in [0.15, 0.2) is 17.5 Å². The van der Waals surface area contributed by atoms with E-state index in [-0.39, 0.29) is 41.0 Å². The zero-order chi connectivity index (χ0) is 33.6. The fourth-order valence-corrected chi connectivity index (χ4v) is 5.10. The number of rotatable bonds is 14. The molecule has 10 N–H and O–H groups in total. The molecule has 0 spiro atoms. The molecule has 4 rings (SSSR count). The van der Waals surface area contributed by atoms with Gasteiger partial charge in [0.2, 0.25) is 0 Å². The van der Waals surface area contributed by atoms with E-state index >= 15 is 4.39 Å². The van der Waals surface area contributed by atoms with Crippen LogP contribution < -0.4 is 38.7 Å². The van der Waals surface area contributed by atoms with Gasteiger partial charge in [-0.3, -0.25) is 4.57 Å². The number of H-pyrrole nitrogens is 1. The Bertz CT molecular complexity index is 1710. The Hall–Kier alpha value is -4.47. The second-order valence-electron chi connectivity index (χ2n) is 11.3. The number of guanidine groups is 1. The lowest BCUT2D eigenvalue weighted by Crippen LogP contribution is -2.31. The van der Waals surface area contributed by atoms with Crippen molar-refractivity contribution < 1.29 is 22.3 Å². The summed E-state index contributed by atoms with van der Waals surface area (Å²) in [6.07, 6.45) is -1.31. The summed E-state index contributed by atoms with van der Waals surface area (Å²) in [5.41, 5.74) is 23.9. The number of aromatic amines is 1. The van der Waals surface area contributed by atoms with Crippen LogP contribution in [0.4, 0.5) is 17.6 Å². The number of halogens is 4. The van der Waals surface area contributed by atoms with E-state index in [1.54, 1.807) is 12.1 Å². The first-order valence-electron chi connectivity index (χ1n) is 14.8. The van der Waals surface area contributed by atoms with Gasteiger partial charge in [-0.2, -0.15) is 4.98 Å². The number of hydrogen-bond donors (Lipinski definition) is 6. The molecule has 3 atom stereocenters. The number of ether oxygens (including phenoxy) is 1. The van der Waals surface area contributed by atoms with Gasteiger partial charge < -0.3 is 38.0 Å². The second-order valence-corrected chi connectivity index (χ2v) is 11.3. The van der Waals surface area contributed by atoms with Crippen LogP contribution in [-0.2, 0) is 6.42 Å². The van der Waals surface area contributed by atoms with E-state index in [0.717, 1.165) is 11.6 Å². The van der Waals surface area contributed by atoms with Gasteiger partial charge in [0, 0.05) is 35.8 Å². The number of aromatic nitrogens is 3. The molecule has 4 aromatic rings. The van der Waals surface area contributed by atoms with Crippen LogP contribution in [0.2, 0.25) is 0 Å². The smallest absolute Gasteiger partial charge is 0.403 e. The van der Waals surface area contributed by atoms with Crippen molar-refractivity contribution in [2.24, 2.45) is 27.9 Å². The zero-order valence-electron chi connectivity index (χ0n) is 25.6. The van der Waals surface area contributed by atoms with E-state index in [0.29, 0.717) is 55.4 Å². The highest BCUT2D eigenvalue weighted by Crippen LogP contribution is 2.35. The molecule has 2 heterocycles. The molecule has 0 saturated heterocycles. The molecule has 248 valence electrons. The van der Waals surface area contributed by atoms with Crippen molar-refractivity contribution >= 4 is 17.0 Å². The predicted octanol–water partition coefficient (Wildman–Crippen LogP) is 3.73. The van der Waals surface area contributed by atoms with Crippen LogP contribution in [0.15, 0.2) is 58.4 Å². The summed E-state index contributed by atoms with van der Waals surface area (Å²) in [4.78, 5) is 24.0. The first-order chi connectivity index (χ1) is 21.7. The summed E-state index contributed by atoms with van der Waals surface area (Å²) < 4.78 is 60.0. The van der Waals surface area contributed by atoms with E-state index in [9.17, 15) is 18.0 Å². The van der Waals surface area contributed by atoms with Crippen LogP contribution >= 0.6 is 0 Å². The SMILES string of the molecule is C[C@H](N)CCCc1cc(OC(F)(F)F)c(F)c(-c2cc3cn(-c4ccc([C@H](C)NCC[C@H](CN)N=C(N)N)cc4)c(=O)nc3[nH]2)c1. The lowest BCUT2D eigenvalue weighted by molar-refractivity contribution is -0.275. The van der Waals surface area contributed by atoms with Crippen molar-refractivity contribution in [3.63, 3.8) is 0 Å². The Morgan fingerprint density at radius 1 is 1.13 bits per heavy atom. The van der Waals surface area contributed by atoms with Crippen molar-refractivity contribution in [1.82, 2.24) is 19.9 Å². The molecule has 2 aromatic carbocycles. The van der Waals surface area contributed by atoms with Crippen LogP contribution in [0.5, 0.6) is 5.75 Å². The summed E-state index contributed by atoms with van der Waals surface area (Å²) in [5, 5.41) is 3.84. The Morgan fingerprint density at radius 3 is 2.48 bits per heavy atom. The minimum Gasteiger partial charge on any atom is -0.403 e. The molecular weight excluding hydrogens is 606 g/mol. The third-order valence-corrected chi connectivity index (χ3v) is 7.45. The van der Waals surface area contributed by atoms with Gasteiger partial charge in [-0.05, 0) is 87.5 Å². The molecular formula is C31H39F4N9O2. The average Bonchev–Trinajstić information content (AvgIpc) is 3.39. The predicted molar refractivity (Wildman–Crippen MR) is 170 cm³/mol. The van der Waals surface area contributed by atoms with Gasteiger partial charge >= 0.3 is 12.1 Å². The summed E-state index contributed by atoms with van der Waals surface area (Å²) in [7, 11) is 0. The van der Waals surface area contributed by atoms with Crippen molar-refractivity contribution in [3.8, 4) is 22.7 Å². The van der Waals surface area contributed by atoms with Gasteiger partial charge in [0.1, 0.15) is 5.65 Å². The second kappa shape index (κ2) is 14.7. The number of aliphatic imine (C=N–C) groups is 1. The molecule has 0 bridgehead atoms. The maximum Gasteiger partial charge on any atom is 0.573 e. The van der Waals surface area contributed by atoms with Crippen molar-refractivity contribution in [2.45, 2.75) is 64.0 Å². The molecule has 0 aliphatic heterocycles. The van der Waals surface area contributed by atoms with Crippen LogP contribution in [-0.4, -0.2) is 52.0 Å². The largest absolute Gasteiger partial charge is 0.573 e. The molecule has 0 saturated carbocycles. The van der Waals surface area contributed by atoms with E-state index in [4.69, 9.17) is 22.9 Å². The Labute approximate surface area is 263 Å². The maximum absolute atomic E-state index is 15.4. The fourth-order valence-electron chi connectivity index (χ4n) is 5.10. The third-order valence-electron chi connectivity index (χ3n) is 7.45.